The average molecular weight is 343 g/mol. The fourth-order valence-electron chi connectivity index (χ4n) is 2.04. The lowest BCUT2D eigenvalue weighted by Gasteiger charge is -2.16. The molecule has 0 saturated heterocycles. The van der Waals surface area contributed by atoms with Gasteiger partial charge in [-0.15, -0.1) is 0 Å². The maximum Gasteiger partial charge on any atom is 0.123 e. The smallest absolute Gasteiger partial charge is 0.123 e. The summed E-state index contributed by atoms with van der Waals surface area (Å²) in [5.41, 5.74) is 9.03. The molecule has 100 valence electrons. The summed E-state index contributed by atoms with van der Waals surface area (Å²) in [7, 11) is 0. The van der Waals surface area contributed by atoms with E-state index in [-0.39, 0.29) is 11.9 Å². The van der Waals surface area contributed by atoms with Gasteiger partial charge in [0.1, 0.15) is 5.82 Å². The monoisotopic (exact) mass is 341 g/mol. The van der Waals surface area contributed by atoms with Crippen molar-refractivity contribution in [3.05, 3.63) is 68.4 Å². The molecule has 19 heavy (non-hydrogen) atoms. The van der Waals surface area contributed by atoms with E-state index in [1.54, 1.807) is 6.07 Å². The van der Waals surface area contributed by atoms with Crippen LogP contribution < -0.4 is 5.73 Å². The van der Waals surface area contributed by atoms with Crippen molar-refractivity contribution in [2.45, 2.75) is 19.4 Å². The highest BCUT2D eigenvalue weighted by Crippen LogP contribution is 2.31. The van der Waals surface area contributed by atoms with E-state index in [9.17, 15) is 4.39 Å². The topological polar surface area (TPSA) is 26.0 Å². The molecule has 1 nitrogen and oxygen atoms in total. The van der Waals surface area contributed by atoms with E-state index < -0.39 is 0 Å². The number of nitrogens with two attached hydrogens (primary N) is 1. The lowest BCUT2D eigenvalue weighted by Crippen LogP contribution is -2.14. The molecule has 0 spiro atoms. The second-order valence-corrected chi connectivity index (χ2v) is 5.76. The Morgan fingerprint density at radius 2 is 2.05 bits per heavy atom. The van der Waals surface area contributed by atoms with E-state index >= 15 is 0 Å². The predicted molar refractivity (Wildman–Crippen MR) is 80.9 cm³/mol. The van der Waals surface area contributed by atoms with E-state index in [1.165, 1.54) is 12.1 Å². The minimum atomic E-state index is -0.227. The summed E-state index contributed by atoms with van der Waals surface area (Å²) in [6.45, 7) is 1.88. The van der Waals surface area contributed by atoms with Crippen LogP contribution in [0.3, 0.4) is 0 Å². The molecule has 2 N–H and O–H groups in total. The third kappa shape index (κ3) is 3.35. The van der Waals surface area contributed by atoms with Gasteiger partial charge < -0.3 is 5.73 Å². The van der Waals surface area contributed by atoms with E-state index in [4.69, 9.17) is 17.3 Å². The van der Waals surface area contributed by atoms with Gasteiger partial charge in [-0.05, 0) is 64.2 Å². The fourth-order valence-corrected chi connectivity index (χ4v) is 2.69. The Bertz CT molecular complexity index is 601. The number of halogens is 3. The summed E-state index contributed by atoms with van der Waals surface area (Å²) < 4.78 is 13.9. The van der Waals surface area contributed by atoms with E-state index in [0.29, 0.717) is 11.4 Å². The number of aryl methyl sites for hydroxylation is 1. The Morgan fingerprint density at radius 1 is 1.32 bits per heavy atom. The third-order valence-electron chi connectivity index (χ3n) is 3.13. The molecule has 2 aromatic carbocycles. The average Bonchev–Trinajstić information content (AvgIpc) is 2.36. The molecule has 0 fully saturated rings. The standard InChI is InChI=1S/C15H14BrClFN/c1-9-7-11(18)6-5-10(9)8-14(19)12-3-2-4-13(16)15(12)17/h2-7,14H,8,19H2,1H3. The van der Waals surface area contributed by atoms with E-state index in [0.717, 1.165) is 21.2 Å². The molecule has 0 aliphatic carbocycles. The summed E-state index contributed by atoms with van der Waals surface area (Å²) >= 11 is 9.62. The number of hydrogen-bond donors (Lipinski definition) is 1. The van der Waals surface area contributed by atoms with Gasteiger partial charge in [0.15, 0.2) is 0 Å². The minimum absolute atomic E-state index is 0.214. The lowest BCUT2D eigenvalue weighted by atomic mass is 9.97. The number of hydrogen-bond acceptors (Lipinski definition) is 1. The van der Waals surface area contributed by atoms with Gasteiger partial charge >= 0.3 is 0 Å². The molecule has 0 amide bonds. The number of rotatable bonds is 3. The number of benzene rings is 2. The molecule has 1 atom stereocenters. The summed E-state index contributed by atoms with van der Waals surface area (Å²) in [5, 5.41) is 0.634. The van der Waals surface area contributed by atoms with Crippen molar-refractivity contribution in [1.29, 1.82) is 0 Å². The first kappa shape index (κ1) is 14.5. The van der Waals surface area contributed by atoms with Crippen molar-refractivity contribution < 1.29 is 4.39 Å². The van der Waals surface area contributed by atoms with Crippen LogP contribution in [0.2, 0.25) is 5.02 Å². The zero-order valence-corrected chi connectivity index (χ0v) is 12.8. The molecule has 0 saturated carbocycles. The summed E-state index contributed by atoms with van der Waals surface area (Å²) in [4.78, 5) is 0. The van der Waals surface area contributed by atoms with Crippen LogP contribution in [0.15, 0.2) is 40.9 Å². The van der Waals surface area contributed by atoms with Gasteiger partial charge in [0, 0.05) is 10.5 Å². The Morgan fingerprint density at radius 3 is 2.74 bits per heavy atom. The normalized spacial score (nSPS) is 12.5. The minimum Gasteiger partial charge on any atom is -0.324 e. The van der Waals surface area contributed by atoms with Crippen molar-refractivity contribution in [3.63, 3.8) is 0 Å². The van der Waals surface area contributed by atoms with Crippen molar-refractivity contribution in [2.75, 3.05) is 0 Å². The second kappa shape index (κ2) is 6.04. The first-order chi connectivity index (χ1) is 8.99. The maximum absolute atomic E-state index is 13.1. The molecule has 4 heteroatoms. The highest BCUT2D eigenvalue weighted by molar-refractivity contribution is 9.10. The van der Waals surface area contributed by atoms with Crippen molar-refractivity contribution >= 4 is 27.5 Å². The van der Waals surface area contributed by atoms with Crippen molar-refractivity contribution in [1.82, 2.24) is 0 Å². The van der Waals surface area contributed by atoms with Crippen LogP contribution in [0.5, 0.6) is 0 Å². The van der Waals surface area contributed by atoms with Gasteiger partial charge in [-0.1, -0.05) is 29.8 Å². The molecular weight excluding hydrogens is 329 g/mol. The SMILES string of the molecule is Cc1cc(F)ccc1CC(N)c1cccc(Br)c1Cl. The van der Waals surface area contributed by atoms with Gasteiger partial charge in [-0.25, -0.2) is 4.39 Å². The molecular formula is C15H14BrClFN. The molecule has 0 aromatic heterocycles. The molecule has 0 heterocycles. The third-order valence-corrected chi connectivity index (χ3v) is 4.44. The van der Waals surface area contributed by atoms with Gasteiger partial charge in [-0.3, -0.25) is 0 Å². The summed E-state index contributed by atoms with van der Waals surface area (Å²) in [5.74, 6) is -0.227. The van der Waals surface area contributed by atoms with Crippen LogP contribution in [0.4, 0.5) is 4.39 Å². The highest BCUT2D eigenvalue weighted by atomic mass is 79.9. The van der Waals surface area contributed by atoms with Crippen LogP contribution >= 0.6 is 27.5 Å². The Labute approximate surface area is 125 Å². The second-order valence-electron chi connectivity index (χ2n) is 4.52. The maximum atomic E-state index is 13.1. The quantitative estimate of drug-likeness (QED) is 0.852. The van der Waals surface area contributed by atoms with Crippen molar-refractivity contribution in [3.8, 4) is 0 Å². The largest absolute Gasteiger partial charge is 0.324 e. The van der Waals surface area contributed by atoms with Crippen LogP contribution in [0.1, 0.15) is 22.7 Å². The first-order valence-corrected chi connectivity index (χ1v) is 7.10. The van der Waals surface area contributed by atoms with Gasteiger partial charge in [-0.2, -0.15) is 0 Å². The Kier molecular flexibility index (Phi) is 4.61. The predicted octanol–water partition coefficient (Wildman–Crippen LogP) is 4.79. The van der Waals surface area contributed by atoms with Gasteiger partial charge in [0.2, 0.25) is 0 Å². The van der Waals surface area contributed by atoms with E-state index in [2.05, 4.69) is 15.9 Å². The molecule has 0 aliphatic rings. The summed E-state index contributed by atoms with van der Waals surface area (Å²) in [6.07, 6.45) is 0.627. The van der Waals surface area contributed by atoms with Gasteiger partial charge in [0.25, 0.3) is 0 Å². The summed E-state index contributed by atoms with van der Waals surface area (Å²) in [6, 6.07) is 10.2. The molecule has 0 aliphatic heterocycles. The van der Waals surface area contributed by atoms with Crippen LogP contribution in [-0.2, 0) is 6.42 Å². The lowest BCUT2D eigenvalue weighted by molar-refractivity contribution is 0.624. The Balaban J connectivity index is 2.25. The molecule has 2 aromatic rings. The molecule has 0 bridgehead atoms. The molecule has 0 radical (unpaired) electrons. The van der Waals surface area contributed by atoms with Crippen molar-refractivity contribution in [2.24, 2.45) is 5.73 Å². The van der Waals surface area contributed by atoms with Crippen LogP contribution in [0, 0.1) is 12.7 Å². The first-order valence-electron chi connectivity index (χ1n) is 5.93. The molecule has 2 rings (SSSR count). The van der Waals surface area contributed by atoms with E-state index in [1.807, 2.05) is 25.1 Å². The Hall–Kier alpha value is -0.900. The van der Waals surface area contributed by atoms with Gasteiger partial charge in [0.05, 0.1) is 5.02 Å². The zero-order valence-electron chi connectivity index (χ0n) is 10.5. The van der Waals surface area contributed by atoms with Crippen LogP contribution in [0.25, 0.3) is 0 Å². The molecule has 1 unspecified atom stereocenters. The highest BCUT2D eigenvalue weighted by Gasteiger charge is 2.14. The fraction of sp³-hybridized carbons (Fsp3) is 0.200. The zero-order chi connectivity index (χ0) is 14.0. The van der Waals surface area contributed by atoms with Crippen LogP contribution in [-0.4, -0.2) is 0 Å².